The molecular weight excluding hydrogens is 248 g/mol. The number of methoxy groups -OCH3 is 2. The molecule has 19 heavy (non-hydrogen) atoms. The Bertz CT molecular complexity index is 431. The molecule has 0 aromatic heterocycles. The minimum Gasteiger partial charge on any atom is -0.469 e. The second-order valence-corrected chi connectivity index (χ2v) is 5.26. The van der Waals surface area contributed by atoms with Gasteiger partial charge in [-0.15, -0.1) is 0 Å². The van der Waals surface area contributed by atoms with Crippen molar-refractivity contribution >= 4 is 11.9 Å². The van der Waals surface area contributed by atoms with Crippen LogP contribution >= 0.6 is 0 Å². The Labute approximate surface area is 112 Å². The predicted octanol–water partition coefficient (Wildman–Crippen LogP) is 0.0385. The lowest BCUT2D eigenvalue weighted by Gasteiger charge is -2.52. The summed E-state index contributed by atoms with van der Waals surface area (Å²) in [5.41, 5.74) is 0. The number of piperidine rings is 2. The standard InChI is InChI=1S/C13H18N2O4/c1-15-6-8-4-7(5-14)11(15)10(13(17)19-3)9(8)12(16)18-2/h7-11H,4,6H2,1-3H3/t7-,8-,9-,10-,11-/m1/s1. The van der Waals surface area contributed by atoms with Crippen LogP contribution in [-0.4, -0.2) is 50.7 Å². The summed E-state index contributed by atoms with van der Waals surface area (Å²) >= 11 is 0. The second-order valence-electron chi connectivity index (χ2n) is 5.26. The molecule has 1 saturated carbocycles. The number of nitriles is 1. The third-order valence-corrected chi connectivity index (χ3v) is 4.38. The van der Waals surface area contributed by atoms with Gasteiger partial charge >= 0.3 is 11.9 Å². The highest BCUT2D eigenvalue weighted by Crippen LogP contribution is 2.46. The van der Waals surface area contributed by atoms with Gasteiger partial charge in [0.2, 0.25) is 0 Å². The largest absolute Gasteiger partial charge is 0.469 e. The number of carbonyl (C=O) groups excluding carboxylic acids is 2. The summed E-state index contributed by atoms with van der Waals surface area (Å²) in [4.78, 5) is 26.0. The second kappa shape index (κ2) is 5.17. The summed E-state index contributed by atoms with van der Waals surface area (Å²) in [5, 5.41) is 9.24. The van der Waals surface area contributed by atoms with Crippen LogP contribution in [0, 0.1) is 35.0 Å². The monoisotopic (exact) mass is 266 g/mol. The Morgan fingerprint density at radius 2 is 1.79 bits per heavy atom. The van der Waals surface area contributed by atoms with Crippen molar-refractivity contribution in [1.29, 1.82) is 5.26 Å². The summed E-state index contributed by atoms with van der Waals surface area (Å²) in [6.45, 7) is 0.704. The lowest BCUT2D eigenvalue weighted by atomic mass is 9.61. The SMILES string of the molecule is COC(=O)[C@@H]1[C@@H]2C[C@H](C#N)[C@H]([C@@H]1C(=O)OC)N(C)C2. The smallest absolute Gasteiger partial charge is 0.311 e. The summed E-state index contributed by atoms with van der Waals surface area (Å²) in [6, 6.07) is 1.98. The number of carbonyl (C=O) groups is 2. The predicted molar refractivity (Wildman–Crippen MR) is 64.6 cm³/mol. The zero-order chi connectivity index (χ0) is 14.2. The number of fused-ring (bicyclic) bond motifs is 3. The van der Waals surface area contributed by atoms with Gasteiger partial charge in [0.05, 0.1) is 38.0 Å². The lowest BCUT2D eigenvalue weighted by molar-refractivity contribution is -0.175. The van der Waals surface area contributed by atoms with E-state index in [0.717, 1.165) is 0 Å². The molecule has 0 aromatic carbocycles. The van der Waals surface area contributed by atoms with E-state index in [1.807, 2.05) is 11.9 Å². The quantitative estimate of drug-likeness (QED) is 0.656. The van der Waals surface area contributed by atoms with Crippen molar-refractivity contribution in [3.8, 4) is 6.07 Å². The van der Waals surface area contributed by atoms with Crippen LogP contribution in [0.1, 0.15) is 6.42 Å². The summed E-state index contributed by atoms with van der Waals surface area (Å²) in [5.74, 6) is -2.19. The van der Waals surface area contributed by atoms with Crippen LogP contribution in [0.25, 0.3) is 0 Å². The average Bonchev–Trinajstić information content (AvgIpc) is 2.44. The van der Waals surface area contributed by atoms with Crippen LogP contribution in [-0.2, 0) is 19.1 Å². The van der Waals surface area contributed by atoms with Gasteiger partial charge in [-0.05, 0) is 19.4 Å². The van der Waals surface area contributed by atoms with Crippen LogP contribution < -0.4 is 0 Å². The fourth-order valence-electron chi connectivity index (χ4n) is 3.66. The maximum atomic E-state index is 12.0. The van der Waals surface area contributed by atoms with Crippen LogP contribution in [0.4, 0.5) is 0 Å². The topological polar surface area (TPSA) is 79.6 Å². The number of esters is 2. The van der Waals surface area contributed by atoms with Crippen molar-refractivity contribution in [2.45, 2.75) is 12.5 Å². The van der Waals surface area contributed by atoms with Gasteiger partial charge in [0.25, 0.3) is 0 Å². The van der Waals surface area contributed by atoms with E-state index in [-0.39, 0.29) is 23.8 Å². The van der Waals surface area contributed by atoms with Crippen molar-refractivity contribution < 1.29 is 19.1 Å². The van der Waals surface area contributed by atoms with Gasteiger partial charge in [-0.25, -0.2) is 0 Å². The third kappa shape index (κ3) is 2.08. The number of nitrogens with zero attached hydrogens (tertiary/aromatic N) is 2. The van der Waals surface area contributed by atoms with E-state index >= 15 is 0 Å². The van der Waals surface area contributed by atoms with Gasteiger partial charge in [0.1, 0.15) is 0 Å². The molecule has 2 saturated heterocycles. The average molecular weight is 266 g/mol. The first-order chi connectivity index (χ1) is 9.04. The number of ether oxygens (including phenoxy) is 2. The molecule has 3 aliphatic rings. The third-order valence-electron chi connectivity index (χ3n) is 4.38. The molecule has 5 atom stereocenters. The molecule has 2 aliphatic heterocycles. The minimum atomic E-state index is -0.611. The van der Waals surface area contributed by atoms with Gasteiger partial charge in [-0.2, -0.15) is 5.26 Å². The maximum Gasteiger partial charge on any atom is 0.311 e. The zero-order valence-corrected chi connectivity index (χ0v) is 11.3. The van der Waals surface area contributed by atoms with Gasteiger partial charge in [0.15, 0.2) is 0 Å². The first-order valence-corrected chi connectivity index (χ1v) is 6.30. The van der Waals surface area contributed by atoms with E-state index in [1.54, 1.807) is 0 Å². The summed E-state index contributed by atoms with van der Waals surface area (Å²) < 4.78 is 9.65. The molecule has 2 bridgehead atoms. The highest BCUT2D eigenvalue weighted by atomic mass is 16.5. The Balaban J connectivity index is 2.39. The van der Waals surface area contributed by atoms with E-state index in [0.29, 0.717) is 13.0 Å². The van der Waals surface area contributed by atoms with Gasteiger partial charge in [0, 0.05) is 12.6 Å². The van der Waals surface area contributed by atoms with Crippen molar-refractivity contribution in [3.63, 3.8) is 0 Å². The highest BCUT2D eigenvalue weighted by Gasteiger charge is 2.57. The molecule has 0 aromatic rings. The summed E-state index contributed by atoms with van der Waals surface area (Å²) in [7, 11) is 4.51. The van der Waals surface area contributed by atoms with Crippen LogP contribution in [0.3, 0.4) is 0 Å². The van der Waals surface area contributed by atoms with Gasteiger partial charge in [-0.3, -0.25) is 9.59 Å². The van der Waals surface area contributed by atoms with Crippen LogP contribution in [0.15, 0.2) is 0 Å². The van der Waals surface area contributed by atoms with Crippen molar-refractivity contribution in [1.82, 2.24) is 4.90 Å². The molecule has 3 rings (SSSR count). The first kappa shape index (κ1) is 13.8. The van der Waals surface area contributed by atoms with Gasteiger partial charge in [-0.1, -0.05) is 0 Å². The molecule has 0 spiro atoms. The van der Waals surface area contributed by atoms with Gasteiger partial charge < -0.3 is 14.4 Å². The minimum absolute atomic E-state index is 0.0313. The molecule has 0 unspecified atom stereocenters. The normalized spacial score (nSPS) is 37.5. The van der Waals surface area contributed by atoms with E-state index in [9.17, 15) is 14.9 Å². The molecule has 0 N–H and O–H groups in total. The van der Waals surface area contributed by atoms with E-state index in [2.05, 4.69) is 6.07 Å². The lowest BCUT2D eigenvalue weighted by Crippen LogP contribution is -2.63. The maximum absolute atomic E-state index is 12.0. The highest BCUT2D eigenvalue weighted by molar-refractivity contribution is 5.83. The molecule has 6 nitrogen and oxygen atoms in total. The molecule has 1 aliphatic carbocycles. The zero-order valence-electron chi connectivity index (χ0n) is 11.3. The van der Waals surface area contributed by atoms with E-state index in [1.165, 1.54) is 14.2 Å². The molecule has 3 fully saturated rings. The Hall–Kier alpha value is -1.61. The molecule has 6 heteroatoms. The fraction of sp³-hybridized carbons (Fsp3) is 0.769. The van der Waals surface area contributed by atoms with Crippen molar-refractivity contribution in [2.24, 2.45) is 23.7 Å². The molecule has 104 valence electrons. The van der Waals surface area contributed by atoms with Crippen LogP contribution in [0.2, 0.25) is 0 Å². The fourth-order valence-corrected chi connectivity index (χ4v) is 3.66. The first-order valence-electron chi connectivity index (χ1n) is 6.30. The van der Waals surface area contributed by atoms with Crippen molar-refractivity contribution in [3.05, 3.63) is 0 Å². The Kier molecular flexibility index (Phi) is 3.76. The number of hydrogen-bond donors (Lipinski definition) is 0. The summed E-state index contributed by atoms with van der Waals surface area (Å²) in [6.07, 6.45) is 0.638. The number of hydrogen-bond acceptors (Lipinski definition) is 6. The number of rotatable bonds is 2. The molecule has 0 amide bonds. The molecule has 2 heterocycles. The van der Waals surface area contributed by atoms with Crippen molar-refractivity contribution in [2.75, 3.05) is 27.8 Å². The van der Waals surface area contributed by atoms with E-state index < -0.39 is 17.8 Å². The Morgan fingerprint density at radius 1 is 1.21 bits per heavy atom. The Morgan fingerprint density at radius 3 is 2.32 bits per heavy atom. The van der Waals surface area contributed by atoms with Crippen LogP contribution in [0.5, 0.6) is 0 Å². The molecule has 0 radical (unpaired) electrons. The van der Waals surface area contributed by atoms with E-state index in [4.69, 9.17) is 9.47 Å². The molecular formula is C13H18N2O4.